The first-order valence-corrected chi connectivity index (χ1v) is 3.39. The summed E-state index contributed by atoms with van der Waals surface area (Å²) in [6, 6.07) is 0. The zero-order valence-electron chi connectivity index (χ0n) is 11.5. The molecule has 0 fully saturated rings. The largest absolute Gasteiger partial charge is 1.00 e. The van der Waals surface area contributed by atoms with Crippen LogP contribution in [0, 0.1) is 0 Å². The van der Waals surface area contributed by atoms with Gasteiger partial charge in [-0.3, -0.25) is 0 Å². The molecular formula is H8Na4O6P2+2. The van der Waals surface area contributed by atoms with E-state index in [0.717, 1.165) is 0 Å². The van der Waals surface area contributed by atoms with Crippen molar-refractivity contribution in [3.05, 3.63) is 0 Å². The molecule has 0 saturated heterocycles. The van der Waals surface area contributed by atoms with Crippen molar-refractivity contribution in [1.82, 2.24) is 0 Å². The topological polar surface area (TPSA) is 115 Å². The fraction of sp³-hybridized carbons (Fsp3) is 0. The van der Waals surface area contributed by atoms with Gasteiger partial charge in [-0.05, 0) is 0 Å². The van der Waals surface area contributed by atoms with Crippen molar-refractivity contribution in [3.8, 4) is 0 Å². The van der Waals surface area contributed by atoms with E-state index in [4.69, 9.17) is 9.79 Å². The fourth-order valence-electron chi connectivity index (χ4n) is 0.0598. The average molecular weight is 258 g/mol. The molecule has 0 heterocycles. The van der Waals surface area contributed by atoms with Crippen LogP contribution in [0.4, 0.5) is 0 Å². The maximum Gasteiger partial charge on any atom is 1.00 e. The summed E-state index contributed by atoms with van der Waals surface area (Å²) in [5, 5.41) is 0. The molecule has 0 aromatic heterocycles. The summed E-state index contributed by atoms with van der Waals surface area (Å²) in [4.78, 5) is 15.3. The third-order valence-corrected chi connectivity index (χ3v) is 1.26. The second kappa shape index (κ2) is 24.3. The van der Waals surface area contributed by atoms with Gasteiger partial charge in [-0.1, -0.05) is 0 Å². The van der Waals surface area contributed by atoms with Gasteiger partial charge in [-0.2, -0.15) is 0 Å². The van der Waals surface area contributed by atoms with Gasteiger partial charge in [0, 0.05) is 9.13 Å². The Morgan fingerprint density at radius 1 is 0.917 bits per heavy atom. The minimum atomic E-state index is -2.92. The van der Waals surface area contributed by atoms with Crippen LogP contribution in [0.2, 0.25) is 0 Å². The van der Waals surface area contributed by atoms with Gasteiger partial charge < -0.3 is 11.2 Å². The Morgan fingerprint density at radius 2 is 1.08 bits per heavy atom. The summed E-state index contributed by atoms with van der Waals surface area (Å²) in [6.45, 7) is 0. The molecule has 0 aliphatic rings. The van der Waals surface area contributed by atoms with Gasteiger partial charge in [0.2, 0.25) is 0 Å². The van der Waals surface area contributed by atoms with Gasteiger partial charge in [-0.15, -0.1) is 9.79 Å². The maximum absolute atomic E-state index is 9.39. The molecule has 2 atom stereocenters. The first-order chi connectivity index (χ1) is 3.13. The SMILES string of the molecule is O.O=[P+](O)O[P+](=O)O.[H-].[H-].[H-].[H-].[Na+].[Na+].[Na+].[Na+]. The summed E-state index contributed by atoms with van der Waals surface area (Å²) < 4.78 is 22.2. The van der Waals surface area contributed by atoms with Crippen LogP contribution in [0.1, 0.15) is 5.71 Å². The van der Waals surface area contributed by atoms with Crippen molar-refractivity contribution in [2.24, 2.45) is 0 Å². The van der Waals surface area contributed by atoms with E-state index >= 15 is 0 Å². The van der Waals surface area contributed by atoms with E-state index in [1.807, 2.05) is 0 Å². The third-order valence-electron chi connectivity index (χ3n) is 0.140. The molecule has 0 radical (unpaired) electrons. The molecule has 12 heavy (non-hydrogen) atoms. The fourth-order valence-corrected chi connectivity index (χ4v) is 0.538. The van der Waals surface area contributed by atoms with Crippen molar-refractivity contribution in [2.75, 3.05) is 0 Å². The van der Waals surface area contributed by atoms with E-state index in [1.165, 1.54) is 0 Å². The van der Waals surface area contributed by atoms with Crippen LogP contribution in [-0.4, -0.2) is 15.3 Å². The maximum atomic E-state index is 9.39. The Balaban J connectivity index is -0.00000000500. The van der Waals surface area contributed by atoms with Crippen molar-refractivity contribution in [2.45, 2.75) is 0 Å². The Bertz CT molecular complexity index is 107. The monoisotopic (exact) mass is 258 g/mol. The number of hydrogen-bond donors (Lipinski definition) is 2. The number of hydrogen-bond acceptors (Lipinski definition) is 3. The summed E-state index contributed by atoms with van der Waals surface area (Å²) in [5.74, 6) is 0. The van der Waals surface area contributed by atoms with Crippen molar-refractivity contribution >= 4 is 16.5 Å². The first-order valence-electron chi connectivity index (χ1n) is 1.13. The quantitative estimate of drug-likeness (QED) is 0.377. The van der Waals surface area contributed by atoms with E-state index in [1.54, 1.807) is 0 Å². The van der Waals surface area contributed by atoms with Crippen molar-refractivity contribution in [3.63, 3.8) is 0 Å². The predicted molar refractivity (Wildman–Crippen MR) is 28.8 cm³/mol. The van der Waals surface area contributed by atoms with Crippen LogP contribution in [0.15, 0.2) is 0 Å². The second-order valence-corrected chi connectivity index (χ2v) is 2.16. The van der Waals surface area contributed by atoms with Gasteiger partial charge in [0.25, 0.3) is 0 Å². The van der Waals surface area contributed by atoms with Crippen LogP contribution in [0.5, 0.6) is 0 Å². The first kappa shape index (κ1) is 36.0. The minimum Gasteiger partial charge on any atom is -1.00 e. The Labute approximate surface area is 166 Å². The normalized spacial score (nSPS) is 7.83. The molecule has 0 saturated carbocycles. The minimum absolute atomic E-state index is 0. The summed E-state index contributed by atoms with van der Waals surface area (Å²) in [6.07, 6.45) is 0. The predicted octanol–water partition coefficient (Wildman–Crippen LogP) is -12.1. The summed E-state index contributed by atoms with van der Waals surface area (Å²) in [7, 11) is -5.85. The van der Waals surface area contributed by atoms with Crippen LogP contribution < -0.4 is 118 Å². The van der Waals surface area contributed by atoms with Crippen molar-refractivity contribution in [1.29, 1.82) is 0 Å². The molecule has 0 aliphatic heterocycles. The van der Waals surface area contributed by atoms with E-state index in [9.17, 15) is 9.13 Å². The van der Waals surface area contributed by atoms with Gasteiger partial charge in [0.15, 0.2) is 4.31 Å². The number of rotatable bonds is 2. The average Bonchev–Trinajstić information content (AvgIpc) is 1.27. The third kappa shape index (κ3) is 36.9. The van der Waals surface area contributed by atoms with Gasteiger partial charge >= 0.3 is 135 Å². The van der Waals surface area contributed by atoms with E-state index in [0.29, 0.717) is 0 Å². The molecule has 0 amide bonds. The Morgan fingerprint density at radius 3 is 1.08 bits per heavy atom. The van der Waals surface area contributed by atoms with Gasteiger partial charge in [0.05, 0.1) is 0 Å². The molecule has 2 unspecified atom stereocenters. The van der Waals surface area contributed by atoms with Crippen LogP contribution >= 0.6 is 16.5 Å². The van der Waals surface area contributed by atoms with E-state index in [2.05, 4.69) is 4.31 Å². The zero-order valence-corrected chi connectivity index (χ0v) is 17.3. The van der Waals surface area contributed by atoms with Crippen LogP contribution in [-0.2, 0) is 13.4 Å². The summed E-state index contributed by atoms with van der Waals surface area (Å²) in [5.41, 5.74) is 0. The zero-order chi connectivity index (χ0) is 5.86. The summed E-state index contributed by atoms with van der Waals surface area (Å²) >= 11 is 0. The molecule has 0 aliphatic carbocycles. The molecule has 56 valence electrons. The smallest absolute Gasteiger partial charge is 1.00 e. The Kier molecular flexibility index (Phi) is 73.0. The van der Waals surface area contributed by atoms with Gasteiger partial charge in [-0.25, -0.2) is 0 Å². The second-order valence-electron chi connectivity index (χ2n) is 0.557. The molecule has 0 spiro atoms. The molecule has 0 bridgehead atoms. The standard InChI is InChI=1S/4Na.O5P2.H2O.4H/c;;;;1-6(2)5-7(3)4;;;;;/h;;;;;1H2;;;;/q4*+1;;;4*-1/p+2. The van der Waals surface area contributed by atoms with E-state index in [-0.39, 0.29) is 129 Å². The van der Waals surface area contributed by atoms with E-state index < -0.39 is 16.5 Å². The molecule has 0 aromatic rings. The van der Waals surface area contributed by atoms with Crippen LogP contribution in [0.25, 0.3) is 0 Å². The molecule has 4 N–H and O–H groups in total. The molecule has 6 nitrogen and oxygen atoms in total. The van der Waals surface area contributed by atoms with Crippen LogP contribution in [0.3, 0.4) is 0 Å². The molecular weight excluding hydrogens is 250 g/mol. The molecule has 0 rings (SSSR count). The van der Waals surface area contributed by atoms with Crippen molar-refractivity contribution < 1.29 is 153 Å². The van der Waals surface area contributed by atoms with Gasteiger partial charge in [0.1, 0.15) is 0 Å². The Hall–Kier alpha value is 4.04. The molecule has 12 heteroatoms. The molecule has 0 aromatic carbocycles.